The van der Waals surface area contributed by atoms with E-state index in [-0.39, 0.29) is 25.2 Å². The number of esters is 3. The van der Waals surface area contributed by atoms with E-state index in [4.69, 9.17) is 14.2 Å². The quantitative estimate of drug-likeness (QED) is 0.0459. The summed E-state index contributed by atoms with van der Waals surface area (Å²) in [6.07, 6.45) is 29.7. The van der Waals surface area contributed by atoms with Crippen molar-refractivity contribution in [2.45, 2.75) is 194 Å². The summed E-state index contributed by atoms with van der Waals surface area (Å²) in [5.74, 6) is -1.07. The lowest BCUT2D eigenvalue weighted by Gasteiger charge is -2.18. The smallest absolute Gasteiger partial charge is 0.306 e. The molecule has 0 aromatic heterocycles. The molecule has 0 aromatic carbocycles. The summed E-state index contributed by atoms with van der Waals surface area (Å²) < 4.78 is 15.8. The molecule has 0 bridgehead atoms. The molecule has 0 fully saturated rings. The molecule has 0 unspecified atom stereocenters. The molecular weight excluding hydrogens is 516 g/mol. The standard InChI is InChI=1S/C35H66O6/c1-4-6-8-10-12-14-16-17-19-20-22-24-26-28-34(37)40-31-33(30-39-32(3)36)41-35(38)29-27-25-23-21-18-15-13-11-9-7-5-2/h33H,4-31H2,1-3H3/t33-/m0/s1. The average molecular weight is 583 g/mol. The molecule has 0 aliphatic rings. The van der Waals surface area contributed by atoms with Gasteiger partial charge in [0.1, 0.15) is 13.2 Å². The molecule has 0 amide bonds. The minimum atomic E-state index is -0.755. The van der Waals surface area contributed by atoms with Gasteiger partial charge in [0.25, 0.3) is 0 Å². The fourth-order valence-electron chi connectivity index (χ4n) is 5.05. The predicted molar refractivity (Wildman–Crippen MR) is 169 cm³/mol. The summed E-state index contributed by atoms with van der Waals surface area (Å²) in [4.78, 5) is 35.7. The Labute approximate surface area is 253 Å². The Morgan fingerprint density at radius 1 is 0.439 bits per heavy atom. The van der Waals surface area contributed by atoms with Gasteiger partial charge >= 0.3 is 17.9 Å². The zero-order valence-electron chi connectivity index (χ0n) is 27.3. The van der Waals surface area contributed by atoms with Gasteiger partial charge in [0.2, 0.25) is 0 Å². The summed E-state index contributed by atoms with van der Waals surface area (Å²) >= 11 is 0. The Morgan fingerprint density at radius 2 is 0.756 bits per heavy atom. The van der Waals surface area contributed by atoms with Gasteiger partial charge in [0, 0.05) is 19.8 Å². The van der Waals surface area contributed by atoms with Crippen LogP contribution in [0.25, 0.3) is 0 Å². The second kappa shape index (κ2) is 31.3. The molecule has 6 nitrogen and oxygen atoms in total. The van der Waals surface area contributed by atoms with E-state index in [2.05, 4.69) is 13.8 Å². The van der Waals surface area contributed by atoms with Crippen molar-refractivity contribution in [3.8, 4) is 0 Å². The van der Waals surface area contributed by atoms with Crippen LogP contribution in [0.2, 0.25) is 0 Å². The number of hydrogen-bond acceptors (Lipinski definition) is 6. The van der Waals surface area contributed by atoms with Crippen LogP contribution >= 0.6 is 0 Å². The first-order valence-electron chi connectivity index (χ1n) is 17.5. The Bertz CT molecular complexity index is 605. The van der Waals surface area contributed by atoms with Crippen molar-refractivity contribution in [3.05, 3.63) is 0 Å². The van der Waals surface area contributed by atoms with Gasteiger partial charge in [-0.05, 0) is 12.8 Å². The van der Waals surface area contributed by atoms with Gasteiger partial charge < -0.3 is 14.2 Å². The van der Waals surface area contributed by atoms with Crippen molar-refractivity contribution in [2.75, 3.05) is 13.2 Å². The minimum Gasteiger partial charge on any atom is -0.462 e. The van der Waals surface area contributed by atoms with E-state index in [9.17, 15) is 14.4 Å². The lowest BCUT2D eigenvalue weighted by Crippen LogP contribution is -2.30. The van der Waals surface area contributed by atoms with Crippen LogP contribution in [0.15, 0.2) is 0 Å². The third-order valence-electron chi connectivity index (χ3n) is 7.67. The third kappa shape index (κ3) is 31.2. The first kappa shape index (κ1) is 39.4. The highest BCUT2D eigenvalue weighted by Crippen LogP contribution is 2.14. The van der Waals surface area contributed by atoms with Gasteiger partial charge in [-0.2, -0.15) is 0 Å². The molecule has 0 radical (unpaired) electrons. The number of hydrogen-bond donors (Lipinski definition) is 0. The maximum absolute atomic E-state index is 12.3. The molecular formula is C35H66O6. The lowest BCUT2D eigenvalue weighted by molar-refractivity contribution is -0.166. The third-order valence-corrected chi connectivity index (χ3v) is 7.67. The fourth-order valence-corrected chi connectivity index (χ4v) is 5.05. The van der Waals surface area contributed by atoms with Crippen molar-refractivity contribution >= 4 is 17.9 Å². The first-order valence-corrected chi connectivity index (χ1v) is 17.5. The number of carbonyl (C=O) groups excluding carboxylic acids is 3. The van der Waals surface area contributed by atoms with E-state index < -0.39 is 12.1 Å². The van der Waals surface area contributed by atoms with Crippen molar-refractivity contribution in [1.82, 2.24) is 0 Å². The Morgan fingerprint density at radius 3 is 1.12 bits per heavy atom. The Kier molecular flexibility index (Phi) is 30.1. The van der Waals surface area contributed by atoms with Gasteiger partial charge in [-0.15, -0.1) is 0 Å². The maximum atomic E-state index is 12.3. The molecule has 242 valence electrons. The summed E-state index contributed by atoms with van der Waals surface area (Å²) in [5.41, 5.74) is 0. The predicted octanol–water partition coefficient (Wildman–Crippen LogP) is 10.2. The molecule has 6 heteroatoms. The highest BCUT2D eigenvalue weighted by molar-refractivity contribution is 5.70. The lowest BCUT2D eigenvalue weighted by atomic mass is 10.0. The van der Waals surface area contributed by atoms with Gasteiger partial charge in [-0.1, -0.05) is 155 Å². The van der Waals surface area contributed by atoms with E-state index in [1.54, 1.807) is 0 Å². The largest absolute Gasteiger partial charge is 0.462 e. The van der Waals surface area contributed by atoms with Crippen molar-refractivity contribution in [1.29, 1.82) is 0 Å². The number of rotatable bonds is 31. The zero-order valence-corrected chi connectivity index (χ0v) is 27.3. The van der Waals surface area contributed by atoms with Gasteiger partial charge in [0.15, 0.2) is 6.10 Å². The topological polar surface area (TPSA) is 78.9 Å². The molecule has 0 aliphatic carbocycles. The van der Waals surface area contributed by atoms with Gasteiger partial charge in [0.05, 0.1) is 0 Å². The second-order valence-electron chi connectivity index (χ2n) is 11.9. The molecule has 0 spiro atoms. The normalized spacial score (nSPS) is 11.8. The maximum Gasteiger partial charge on any atom is 0.306 e. The van der Waals surface area contributed by atoms with Gasteiger partial charge in [-0.25, -0.2) is 0 Å². The monoisotopic (exact) mass is 582 g/mol. The van der Waals surface area contributed by atoms with Crippen LogP contribution in [-0.4, -0.2) is 37.2 Å². The van der Waals surface area contributed by atoms with Crippen LogP contribution in [-0.2, 0) is 28.6 Å². The number of unbranched alkanes of at least 4 members (excludes halogenated alkanes) is 22. The summed E-state index contributed by atoms with van der Waals surface area (Å²) in [5, 5.41) is 0. The minimum absolute atomic E-state index is 0.0748. The summed E-state index contributed by atoms with van der Waals surface area (Å²) in [7, 11) is 0. The molecule has 0 rings (SSSR count). The van der Waals surface area contributed by atoms with Crippen LogP contribution in [0.5, 0.6) is 0 Å². The van der Waals surface area contributed by atoms with Crippen LogP contribution in [0.3, 0.4) is 0 Å². The van der Waals surface area contributed by atoms with Crippen LogP contribution in [0.1, 0.15) is 188 Å². The summed E-state index contributed by atoms with van der Waals surface area (Å²) in [6, 6.07) is 0. The number of ether oxygens (including phenoxy) is 3. The molecule has 0 saturated heterocycles. The van der Waals surface area contributed by atoms with E-state index in [1.165, 1.54) is 122 Å². The van der Waals surface area contributed by atoms with Crippen LogP contribution in [0.4, 0.5) is 0 Å². The molecule has 41 heavy (non-hydrogen) atoms. The highest BCUT2D eigenvalue weighted by Gasteiger charge is 2.18. The SMILES string of the molecule is CCCCCCCCCCCCCCCC(=O)OC[C@H](COC(C)=O)OC(=O)CCCCCCCCCCCCC. The van der Waals surface area contributed by atoms with Crippen LogP contribution in [0, 0.1) is 0 Å². The van der Waals surface area contributed by atoms with E-state index in [1.807, 2.05) is 0 Å². The van der Waals surface area contributed by atoms with Crippen LogP contribution < -0.4 is 0 Å². The molecule has 0 heterocycles. The molecule has 0 N–H and O–H groups in total. The Balaban J connectivity index is 3.86. The highest BCUT2D eigenvalue weighted by atomic mass is 16.6. The zero-order chi connectivity index (χ0) is 30.2. The fraction of sp³-hybridized carbons (Fsp3) is 0.914. The van der Waals surface area contributed by atoms with E-state index >= 15 is 0 Å². The van der Waals surface area contributed by atoms with E-state index in [0.29, 0.717) is 12.8 Å². The van der Waals surface area contributed by atoms with Crippen molar-refractivity contribution < 1.29 is 28.6 Å². The summed E-state index contributed by atoms with van der Waals surface area (Å²) in [6.45, 7) is 5.64. The van der Waals surface area contributed by atoms with Crippen molar-refractivity contribution in [2.24, 2.45) is 0 Å². The van der Waals surface area contributed by atoms with E-state index in [0.717, 1.165) is 38.5 Å². The molecule has 0 aromatic rings. The average Bonchev–Trinajstić information content (AvgIpc) is 2.95. The first-order chi connectivity index (χ1) is 20.0. The molecule has 0 aliphatic heterocycles. The molecule has 1 atom stereocenters. The second-order valence-corrected chi connectivity index (χ2v) is 11.9. The van der Waals surface area contributed by atoms with Crippen molar-refractivity contribution in [3.63, 3.8) is 0 Å². The van der Waals surface area contributed by atoms with Gasteiger partial charge in [-0.3, -0.25) is 14.4 Å². The Hall–Kier alpha value is -1.59. The molecule has 0 saturated carbocycles. The number of carbonyl (C=O) groups is 3.